The van der Waals surface area contributed by atoms with Crippen molar-refractivity contribution in [3.63, 3.8) is 0 Å². The van der Waals surface area contributed by atoms with Crippen LogP contribution in [0.3, 0.4) is 0 Å². The summed E-state index contributed by atoms with van der Waals surface area (Å²) >= 11 is 3.65. The Morgan fingerprint density at radius 2 is 1.76 bits per heavy atom. The number of ether oxygens (including phenoxy) is 2. The zero-order valence-electron chi connectivity index (χ0n) is 11.5. The van der Waals surface area contributed by atoms with Crippen molar-refractivity contribution in [3.8, 4) is 5.75 Å². The van der Waals surface area contributed by atoms with Crippen molar-refractivity contribution in [2.45, 2.75) is 24.0 Å². The predicted molar refractivity (Wildman–Crippen MR) is 83.5 cm³/mol. The molecule has 0 N–H and O–H groups in total. The van der Waals surface area contributed by atoms with Crippen molar-refractivity contribution in [2.24, 2.45) is 0 Å². The monoisotopic (exact) mass is 346 g/mol. The number of alkyl halides is 1. The molecular formula is C17H15BrO3. The van der Waals surface area contributed by atoms with Gasteiger partial charge in [0.25, 0.3) is 0 Å². The number of benzene rings is 2. The fourth-order valence-corrected chi connectivity index (χ4v) is 3.36. The van der Waals surface area contributed by atoms with Crippen LogP contribution in [0.5, 0.6) is 5.75 Å². The van der Waals surface area contributed by atoms with Gasteiger partial charge in [-0.25, -0.2) is 0 Å². The molecule has 4 heteroatoms. The number of halogens is 1. The minimum absolute atomic E-state index is 0.140. The van der Waals surface area contributed by atoms with Gasteiger partial charge < -0.3 is 9.47 Å². The molecule has 0 aromatic heterocycles. The molecule has 3 atom stereocenters. The molecule has 0 aliphatic carbocycles. The third kappa shape index (κ3) is 2.81. The van der Waals surface area contributed by atoms with E-state index in [2.05, 4.69) is 15.9 Å². The molecule has 3 rings (SSSR count). The molecule has 1 aliphatic heterocycles. The minimum atomic E-state index is -0.363. The van der Waals surface area contributed by atoms with Gasteiger partial charge in [0.15, 0.2) is 0 Å². The summed E-state index contributed by atoms with van der Waals surface area (Å²) in [6, 6.07) is 17.6. The molecule has 0 radical (unpaired) electrons. The maximum Gasteiger partial charge on any atom is 0.303 e. The van der Waals surface area contributed by atoms with Crippen molar-refractivity contribution in [1.29, 1.82) is 0 Å². The van der Waals surface area contributed by atoms with Crippen LogP contribution < -0.4 is 4.74 Å². The summed E-state index contributed by atoms with van der Waals surface area (Å²) in [4.78, 5) is 11.3. The molecule has 2 aromatic rings. The Morgan fingerprint density at radius 1 is 1.10 bits per heavy atom. The highest BCUT2D eigenvalue weighted by molar-refractivity contribution is 9.09. The van der Waals surface area contributed by atoms with E-state index in [4.69, 9.17) is 9.47 Å². The summed E-state index contributed by atoms with van der Waals surface area (Å²) in [6.45, 7) is 1.43. The summed E-state index contributed by atoms with van der Waals surface area (Å²) in [5.74, 6) is 0.460. The van der Waals surface area contributed by atoms with E-state index in [1.54, 1.807) is 0 Å². The van der Waals surface area contributed by atoms with Gasteiger partial charge in [-0.05, 0) is 11.6 Å². The van der Waals surface area contributed by atoms with E-state index in [1.807, 2.05) is 54.6 Å². The van der Waals surface area contributed by atoms with E-state index in [-0.39, 0.29) is 23.0 Å². The lowest BCUT2D eigenvalue weighted by Gasteiger charge is -2.36. The number of hydrogen-bond acceptors (Lipinski definition) is 3. The highest BCUT2D eigenvalue weighted by Gasteiger charge is 2.39. The lowest BCUT2D eigenvalue weighted by molar-refractivity contribution is -0.148. The van der Waals surface area contributed by atoms with E-state index in [9.17, 15) is 4.79 Å². The van der Waals surface area contributed by atoms with Crippen LogP contribution in [-0.4, -0.2) is 10.8 Å². The number of fused-ring (bicyclic) bond motifs is 1. The number of para-hydroxylation sites is 1. The number of esters is 1. The fraction of sp³-hybridized carbons (Fsp3) is 0.235. The molecule has 0 saturated carbocycles. The topological polar surface area (TPSA) is 35.5 Å². The number of carbonyl (C=O) groups excluding carboxylic acids is 1. The Labute approximate surface area is 132 Å². The van der Waals surface area contributed by atoms with Crippen LogP contribution in [0.1, 0.15) is 30.3 Å². The second-order valence-electron chi connectivity index (χ2n) is 4.96. The van der Waals surface area contributed by atoms with Gasteiger partial charge in [-0.3, -0.25) is 4.79 Å². The lowest BCUT2D eigenvalue weighted by atomic mass is 9.94. The highest BCUT2D eigenvalue weighted by Crippen LogP contribution is 2.46. The van der Waals surface area contributed by atoms with E-state index in [0.717, 1.165) is 16.9 Å². The molecule has 2 aromatic carbocycles. The summed E-state index contributed by atoms with van der Waals surface area (Å²) in [7, 11) is 0. The molecule has 0 saturated heterocycles. The first-order chi connectivity index (χ1) is 10.2. The quantitative estimate of drug-likeness (QED) is 0.604. The Kier molecular flexibility index (Phi) is 3.97. The van der Waals surface area contributed by atoms with Crippen molar-refractivity contribution < 1.29 is 14.3 Å². The van der Waals surface area contributed by atoms with Gasteiger partial charge in [-0.2, -0.15) is 0 Å². The van der Waals surface area contributed by atoms with Crippen LogP contribution in [-0.2, 0) is 9.53 Å². The molecule has 108 valence electrons. The Morgan fingerprint density at radius 3 is 2.48 bits per heavy atom. The van der Waals surface area contributed by atoms with Gasteiger partial charge in [0.05, 0.1) is 4.83 Å². The molecule has 3 nitrogen and oxygen atoms in total. The maximum atomic E-state index is 11.4. The minimum Gasteiger partial charge on any atom is -0.484 e. The van der Waals surface area contributed by atoms with Crippen LogP contribution in [0.2, 0.25) is 0 Å². The summed E-state index contributed by atoms with van der Waals surface area (Å²) < 4.78 is 11.6. The maximum absolute atomic E-state index is 11.4. The molecule has 0 bridgehead atoms. The van der Waals surface area contributed by atoms with Crippen molar-refractivity contribution in [2.75, 3.05) is 0 Å². The van der Waals surface area contributed by atoms with E-state index < -0.39 is 0 Å². The SMILES string of the molecule is CC(=O)O[C@@H]1c2ccccc2O[C@H](c2ccccc2)[C@H]1Br. The Hall–Kier alpha value is -1.81. The van der Waals surface area contributed by atoms with Gasteiger partial charge in [0, 0.05) is 12.5 Å². The first kappa shape index (κ1) is 14.1. The summed E-state index contributed by atoms with van der Waals surface area (Å²) in [5.41, 5.74) is 1.94. The van der Waals surface area contributed by atoms with Crippen LogP contribution in [0.15, 0.2) is 54.6 Å². The molecule has 0 amide bonds. The lowest BCUT2D eigenvalue weighted by Crippen LogP contribution is -2.32. The van der Waals surface area contributed by atoms with Crippen LogP contribution in [0.4, 0.5) is 0 Å². The van der Waals surface area contributed by atoms with Gasteiger partial charge in [0.1, 0.15) is 18.0 Å². The smallest absolute Gasteiger partial charge is 0.303 e. The number of rotatable bonds is 2. The van der Waals surface area contributed by atoms with Crippen molar-refractivity contribution in [1.82, 2.24) is 0 Å². The predicted octanol–water partition coefficient (Wildman–Crippen LogP) is 4.19. The largest absolute Gasteiger partial charge is 0.484 e. The zero-order valence-corrected chi connectivity index (χ0v) is 13.1. The molecule has 0 fully saturated rings. The van der Waals surface area contributed by atoms with E-state index >= 15 is 0 Å². The standard InChI is InChI=1S/C17H15BrO3/c1-11(19)20-17-13-9-5-6-10-14(13)21-16(15(17)18)12-7-3-2-4-8-12/h2-10,15-17H,1H3/t15-,16-,17-/m1/s1. The molecule has 0 unspecified atom stereocenters. The molecular weight excluding hydrogens is 332 g/mol. The molecule has 1 heterocycles. The van der Waals surface area contributed by atoms with Crippen LogP contribution >= 0.6 is 15.9 Å². The second kappa shape index (κ2) is 5.90. The third-order valence-corrected chi connectivity index (χ3v) is 4.44. The van der Waals surface area contributed by atoms with E-state index in [1.165, 1.54) is 6.92 Å². The molecule has 21 heavy (non-hydrogen) atoms. The average molecular weight is 347 g/mol. The van der Waals surface area contributed by atoms with E-state index in [0.29, 0.717) is 0 Å². The van der Waals surface area contributed by atoms with Gasteiger partial charge in [-0.1, -0.05) is 64.5 Å². The van der Waals surface area contributed by atoms with Crippen LogP contribution in [0, 0.1) is 0 Å². The van der Waals surface area contributed by atoms with Gasteiger partial charge >= 0.3 is 5.97 Å². The average Bonchev–Trinajstić information content (AvgIpc) is 2.50. The Bertz CT molecular complexity index is 641. The van der Waals surface area contributed by atoms with Gasteiger partial charge in [-0.15, -0.1) is 0 Å². The summed E-state index contributed by atoms with van der Waals surface area (Å²) in [5, 5.41) is 0. The highest BCUT2D eigenvalue weighted by atomic mass is 79.9. The van der Waals surface area contributed by atoms with Crippen molar-refractivity contribution in [3.05, 3.63) is 65.7 Å². The molecule has 1 aliphatic rings. The first-order valence-electron chi connectivity index (χ1n) is 6.78. The fourth-order valence-electron chi connectivity index (χ4n) is 2.56. The zero-order chi connectivity index (χ0) is 14.8. The Balaban J connectivity index is 2.02. The second-order valence-corrected chi connectivity index (χ2v) is 6.02. The van der Waals surface area contributed by atoms with Crippen LogP contribution in [0.25, 0.3) is 0 Å². The number of carbonyl (C=O) groups is 1. The first-order valence-corrected chi connectivity index (χ1v) is 7.70. The van der Waals surface area contributed by atoms with Gasteiger partial charge in [0.2, 0.25) is 0 Å². The third-order valence-electron chi connectivity index (χ3n) is 3.48. The normalized spacial score (nSPS) is 23.8. The number of hydrogen-bond donors (Lipinski definition) is 0. The summed E-state index contributed by atoms with van der Waals surface area (Å²) in [6.07, 6.45) is -0.567. The van der Waals surface area contributed by atoms with Crippen molar-refractivity contribution >= 4 is 21.9 Å². The molecule has 0 spiro atoms.